The monoisotopic (exact) mass is 290 g/mol. The van der Waals surface area contributed by atoms with Gasteiger partial charge in [-0.1, -0.05) is 19.9 Å². The van der Waals surface area contributed by atoms with Gasteiger partial charge in [-0.05, 0) is 51.1 Å². The van der Waals surface area contributed by atoms with Crippen LogP contribution >= 0.6 is 0 Å². The van der Waals surface area contributed by atoms with E-state index in [2.05, 4.69) is 43.1 Å². The van der Waals surface area contributed by atoms with E-state index < -0.39 is 0 Å². The Morgan fingerprint density at radius 2 is 1.95 bits per heavy atom. The second kappa shape index (κ2) is 7.17. The van der Waals surface area contributed by atoms with E-state index in [9.17, 15) is 5.11 Å². The van der Waals surface area contributed by atoms with Crippen molar-refractivity contribution >= 4 is 5.69 Å². The Morgan fingerprint density at radius 1 is 1.19 bits per heavy atom. The van der Waals surface area contributed by atoms with Crippen LogP contribution in [0.5, 0.6) is 5.75 Å². The Labute approximate surface area is 129 Å². The maximum Gasteiger partial charge on any atom is 0.122 e. The normalized spacial score (nSPS) is 21.4. The molecule has 0 aliphatic carbocycles. The van der Waals surface area contributed by atoms with E-state index in [4.69, 9.17) is 0 Å². The van der Waals surface area contributed by atoms with E-state index in [1.54, 1.807) is 0 Å². The van der Waals surface area contributed by atoms with Crippen LogP contribution in [0.2, 0.25) is 0 Å². The third-order valence-corrected chi connectivity index (χ3v) is 4.99. The molecule has 0 radical (unpaired) electrons. The zero-order valence-corrected chi connectivity index (χ0v) is 13.9. The van der Waals surface area contributed by atoms with E-state index in [0.717, 1.165) is 36.2 Å². The summed E-state index contributed by atoms with van der Waals surface area (Å²) in [4.78, 5) is 2.43. The van der Waals surface area contributed by atoms with Crippen molar-refractivity contribution < 1.29 is 5.11 Å². The molecule has 1 aromatic carbocycles. The highest BCUT2D eigenvalue weighted by molar-refractivity contribution is 5.54. The molecule has 2 atom stereocenters. The highest BCUT2D eigenvalue weighted by Gasteiger charge is 2.20. The number of aromatic hydroxyl groups is 1. The van der Waals surface area contributed by atoms with Crippen molar-refractivity contribution in [3.63, 3.8) is 0 Å². The Hall–Kier alpha value is -1.22. The molecule has 118 valence electrons. The number of anilines is 1. The van der Waals surface area contributed by atoms with E-state index in [1.165, 1.54) is 19.3 Å². The lowest BCUT2D eigenvalue weighted by Gasteiger charge is -2.24. The van der Waals surface area contributed by atoms with Gasteiger partial charge in [-0.15, -0.1) is 0 Å². The second-order valence-electron chi connectivity index (χ2n) is 6.68. The maximum atomic E-state index is 10.3. The molecular weight excluding hydrogens is 260 g/mol. The first-order valence-electron chi connectivity index (χ1n) is 8.28. The smallest absolute Gasteiger partial charge is 0.122 e. The first kappa shape index (κ1) is 16.2. The molecule has 2 N–H and O–H groups in total. The van der Waals surface area contributed by atoms with Crippen LogP contribution < -0.4 is 10.2 Å². The van der Waals surface area contributed by atoms with Crippen molar-refractivity contribution in [2.24, 2.45) is 11.8 Å². The molecule has 1 aliphatic rings. The van der Waals surface area contributed by atoms with Crippen molar-refractivity contribution in [2.45, 2.75) is 46.1 Å². The maximum absolute atomic E-state index is 10.3. The first-order valence-corrected chi connectivity index (χ1v) is 8.28. The summed E-state index contributed by atoms with van der Waals surface area (Å²) in [5.41, 5.74) is 2.13. The molecule has 1 fully saturated rings. The summed E-state index contributed by atoms with van der Waals surface area (Å²) >= 11 is 0. The zero-order chi connectivity index (χ0) is 15.4. The molecule has 2 unspecified atom stereocenters. The summed E-state index contributed by atoms with van der Waals surface area (Å²) in [5, 5.41) is 13.4. The summed E-state index contributed by atoms with van der Waals surface area (Å²) in [6.45, 7) is 8.93. The van der Waals surface area contributed by atoms with E-state index >= 15 is 0 Å². The molecule has 0 spiro atoms. The molecular formula is C18H30N2O. The Bertz CT molecular complexity index is 459. The van der Waals surface area contributed by atoms with Gasteiger partial charge >= 0.3 is 0 Å². The SMILES string of the molecule is CNC(C)c1ccc(N2CCCC(C(C)C)CC2)cc1O. The van der Waals surface area contributed by atoms with E-state index in [0.29, 0.717) is 5.75 Å². The van der Waals surface area contributed by atoms with Gasteiger partial charge in [-0.25, -0.2) is 0 Å². The van der Waals surface area contributed by atoms with Crippen LogP contribution in [0.3, 0.4) is 0 Å². The molecule has 3 nitrogen and oxygen atoms in total. The molecule has 0 amide bonds. The Morgan fingerprint density at radius 3 is 2.57 bits per heavy atom. The fraction of sp³-hybridized carbons (Fsp3) is 0.667. The van der Waals surface area contributed by atoms with Gasteiger partial charge in [0.15, 0.2) is 0 Å². The Kier molecular flexibility index (Phi) is 5.51. The average molecular weight is 290 g/mol. The number of nitrogens with one attached hydrogen (secondary N) is 1. The standard InChI is InChI=1S/C18H30N2O/c1-13(2)15-6-5-10-20(11-9-15)16-7-8-17(14(3)19-4)18(21)12-16/h7-8,12-15,19,21H,5-6,9-11H2,1-4H3. The van der Waals surface area contributed by atoms with Crippen LogP contribution in [0, 0.1) is 11.8 Å². The molecule has 2 rings (SSSR count). The number of benzene rings is 1. The summed E-state index contributed by atoms with van der Waals surface area (Å²) in [7, 11) is 1.92. The highest BCUT2D eigenvalue weighted by Crippen LogP contribution is 2.31. The minimum Gasteiger partial charge on any atom is -0.508 e. The topological polar surface area (TPSA) is 35.5 Å². The predicted molar refractivity (Wildman–Crippen MR) is 90.0 cm³/mol. The quantitative estimate of drug-likeness (QED) is 0.882. The van der Waals surface area contributed by atoms with E-state index in [-0.39, 0.29) is 6.04 Å². The number of phenolic OH excluding ortho intramolecular Hbond substituents is 1. The van der Waals surface area contributed by atoms with Crippen LogP contribution in [-0.2, 0) is 0 Å². The van der Waals surface area contributed by atoms with Gasteiger partial charge in [0.1, 0.15) is 5.75 Å². The number of hydrogen-bond donors (Lipinski definition) is 2. The molecule has 21 heavy (non-hydrogen) atoms. The van der Waals surface area contributed by atoms with Gasteiger partial charge in [0.05, 0.1) is 0 Å². The molecule has 0 aromatic heterocycles. The van der Waals surface area contributed by atoms with Crippen LogP contribution in [0.1, 0.15) is 51.6 Å². The average Bonchev–Trinajstić information content (AvgIpc) is 2.72. The van der Waals surface area contributed by atoms with Crippen LogP contribution in [0.15, 0.2) is 18.2 Å². The molecule has 1 aromatic rings. The Balaban J connectivity index is 2.10. The van der Waals surface area contributed by atoms with Crippen LogP contribution in [0.25, 0.3) is 0 Å². The summed E-state index contributed by atoms with van der Waals surface area (Å²) < 4.78 is 0. The molecule has 1 saturated heterocycles. The third kappa shape index (κ3) is 3.91. The molecule has 0 saturated carbocycles. The van der Waals surface area contributed by atoms with Gasteiger partial charge in [-0.3, -0.25) is 0 Å². The lowest BCUT2D eigenvalue weighted by atomic mass is 9.89. The van der Waals surface area contributed by atoms with Crippen molar-refractivity contribution in [2.75, 3.05) is 25.0 Å². The number of nitrogens with zero attached hydrogens (tertiary/aromatic N) is 1. The summed E-state index contributed by atoms with van der Waals surface area (Å²) in [6, 6.07) is 6.31. The van der Waals surface area contributed by atoms with Gasteiger partial charge < -0.3 is 15.3 Å². The zero-order valence-electron chi connectivity index (χ0n) is 13.9. The largest absolute Gasteiger partial charge is 0.508 e. The van der Waals surface area contributed by atoms with Gasteiger partial charge in [-0.2, -0.15) is 0 Å². The molecule has 1 heterocycles. The number of rotatable bonds is 4. The predicted octanol–water partition coefficient (Wildman–Crippen LogP) is 3.94. The van der Waals surface area contributed by atoms with Gasteiger partial charge in [0.2, 0.25) is 0 Å². The fourth-order valence-corrected chi connectivity index (χ4v) is 3.30. The minimum absolute atomic E-state index is 0.175. The summed E-state index contributed by atoms with van der Waals surface area (Å²) in [5.74, 6) is 2.02. The van der Waals surface area contributed by atoms with Crippen molar-refractivity contribution in [3.8, 4) is 5.75 Å². The lowest BCUT2D eigenvalue weighted by Crippen LogP contribution is -2.24. The highest BCUT2D eigenvalue weighted by atomic mass is 16.3. The fourth-order valence-electron chi connectivity index (χ4n) is 3.30. The lowest BCUT2D eigenvalue weighted by molar-refractivity contribution is 0.351. The van der Waals surface area contributed by atoms with Crippen molar-refractivity contribution in [3.05, 3.63) is 23.8 Å². The third-order valence-electron chi connectivity index (χ3n) is 4.99. The van der Waals surface area contributed by atoms with Crippen molar-refractivity contribution in [1.82, 2.24) is 5.32 Å². The number of phenols is 1. The second-order valence-corrected chi connectivity index (χ2v) is 6.68. The minimum atomic E-state index is 0.175. The number of hydrogen-bond acceptors (Lipinski definition) is 3. The molecule has 1 aliphatic heterocycles. The first-order chi connectivity index (χ1) is 10.0. The molecule has 0 bridgehead atoms. The van der Waals surface area contributed by atoms with Crippen LogP contribution in [0.4, 0.5) is 5.69 Å². The summed E-state index contributed by atoms with van der Waals surface area (Å²) in [6.07, 6.45) is 3.83. The van der Waals surface area contributed by atoms with Gasteiger partial charge in [0.25, 0.3) is 0 Å². The van der Waals surface area contributed by atoms with Crippen LogP contribution in [-0.4, -0.2) is 25.2 Å². The van der Waals surface area contributed by atoms with Crippen molar-refractivity contribution in [1.29, 1.82) is 0 Å². The molecule has 3 heteroatoms. The van der Waals surface area contributed by atoms with Gasteiger partial charge in [0, 0.05) is 36.4 Å². The van der Waals surface area contributed by atoms with E-state index in [1.807, 2.05) is 13.1 Å².